The molecule has 76 valence electrons. The molecule has 1 atom stereocenters. The molecule has 0 radical (unpaired) electrons. The maximum atomic E-state index is 2.38. The predicted molar refractivity (Wildman–Crippen MR) is 58.9 cm³/mol. The minimum atomic E-state index is 0.901. The SMILES string of the molecule is C1=CCC2C[N+]3(CCCCC3)CC2=C1. The first kappa shape index (κ1) is 8.72. The third kappa shape index (κ3) is 1.35. The standard InChI is InChI=1S/C13H20N/c1-4-8-14(9-5-1)10-12-6-2-3-7-13(12)11-14/h2-3,6,13H,1,4-5,7-11H2/q+1. The molecule has 14 heavy (non-hydrogen) atoms. The van der Waals surface area contributed by atoms with Crippen molar-refractivity contribution in [1.29, 1.82) is 0 Å². The van der Waals surface area contributed by atoms with E-state index in [0.29, 0.717) is 0 Å². The Hall–Kier alpha value is -0.560. The van der Waals surface area contributed by atoms with Crippen molar-refractivity contribution in [2.75, 3.05) is 26.2 Å². The van der Waals surface area contributed by atoms with Gasteiger partial charge in [-0.05, 0) is 31.3 Å². The second-order valence-electron chi connectivity index (χ2n) is 5.29. The van der Waals surface area contributed by atoms with Gasteiger partial charge in [0.1, 0.15) is 6.54 Å². The van der Waals surface area contributed by atoms with Gasteiger partial charge < -0.3 is 4.48 Å². The Balaban J connectivity index is 1.80. The molecule has 0 saturated carbocycles. The summed E-state index contributed by atoms with van der Waals surface area (Å²) in [5.41, 5.74) is 1.74. The highest BCUT2D eigenvalue weighted by Gasteiger charge is 2.41. The number of quaternary nitrogens is 1. The summed E-state index contributed by atoms with van der Waals surface area (Å²) in [6.07, 6.45) is 12.7. The fraction of sp³-hybridized carbons (Fsp3) is 0.692. The molecule has 1 heteroatoms. The molecule has 3 aliphatic rings. The van der Waals surface area contributed by atoms with Crippen LogP contribution >= 0.6 is 0 Å². The van der Waals surface area contributed by atoms with Gasteiger partial charge in [0.2, 0.25) is 0 Å². The highest BCUT2D eigenvalue weighted by atomic mass is 15.4. The van der Waals surface area contributed by atoms with E-state index in [4.69, 9.17) is 0 Å². The van der Waals surface area contributed by atoms with Gasteiger partial charge in [-0.25, -0.2) is 0 Å². The summed E-state index contributed by atoms with van der Waals surface area (Å²) in [5.74, 6) is 0.901. The summed E-state index contributed by atoms with van der Waals surface area (Å²) < 4.78 is 1.43. The monoisotopic (exact) mass is 190 g/mol. The molecule has 0 bridgehead atoms. The van der Waals surface area contributed by atoms with E-state index in [9.17, 15) is 0 Å². The average Bonchev–Trinajstić information content (AvgIpc) is 2.56. The number of hydrogen-bond acceptors (Lipinski definition) is 0. The number of hydrogen-bond donors (Lipinski definition) is 0. The Bertz CT molecular complexity index is 282. The van der Waals surface area contributed by atoms with Crippen LogP contribution in [0.15, 0.2) is 23.8 Å². The molecule has 0 N–H and O–H groups in total. The van der Waals surface area contributed by atoms with Gasteiger partial charge in [-0.15, -0.1) is 0 Å². The predicted octanol–water partition coefficient (Wildman–Crippen LogP) is 2.50. The molecule has 1 spiro atoms. The van der Waals surface area contributed by atoms with Crippen LogP contribution in [0.1, 0.15) is 25.7 Å². The van der Waals surface area contributed by atoms with E-state index in [0.717, 1.165) is 5.92 Å². The summed E-state index contributed by atoms with van der Waals surface area (Å²) in [5, 5.41) is 0. The highest BCUT2D eigenvalue weighted by Crippen LogP contribution is 2.36. The maximum absolute atomic E-state index is 2.38. The third-order valence-corrected chi connectivity index (χ3v) is 4.28. The van der Waals surface area contributed by atoms with Crippen LogP contribution in [0.4, 0.5) is 0 Å². The summed E-state index contributed by atoms with van der Waals surface area (Å²) >= 11 is 0. The fourth-order valence-electron chi connectivity index (χ4n) is 3.54. The van der Waals surface area contributed by atoms with E-state index in [1.54, 1.807) is 5.57 Å². The quantitative estimate of drug-likeness (QED) is 0.515. The largest absolute Gasteiger partial charge is 0.320 e. The lowest BCUT2D eigenvalue weighted by atomic mass is 9.95. The lowest BCUT2D eigenvalue weighted by Crippen LogP contribution is -2.49. The first-order valence-corrected chi connectivity index (χ1v) is 6.09. The van der Waals surface area contributed by atoms with Crippen molar-refractivity contribution in [2.24, 2.45) is 5.92 Å². The summed E-state index contributed by atoms with van der Waals surface area (Å²) in [7, 11) is 0. The van der Waals surface area contributed by atoms with Gasteiger partial charge in [-0.1, -0.05) is 18.2 Å². The smallest absolute Gasteiger partial charge is 0.101 e. The van der Waals surface area contributed by atoms with Crippen molar-refractivity contribution in [3.05, 3.63) is 23.8 Å². The normalized spacial score (nSPS) is 34.3. The Morgan fingerprint density at radius 1 is 1.14 bits per heavy atom. The summed E-state index contributed by atoms with van der Waals surface area (Å²) in [6.45, 7) is 5.72. The van der Waals surface area contributed by atoms with Crippen LogP contribution in [0, 0.1) is 5.92 Å². The van der Waals surface area contributed by atoms with E-state index < -0.39 is 0 Å². The molecule has 2 heterocycles. The molecule has 2 aliphatic heterocycles. The first-order valence-electron chi connectivity index (χ1n) is 6.09. The topological polar surface area (TPSA) is 0 Å². The van der Waals surface area contributed by atoms with Gasteiger partial charge in [0, 0.05) is 5.92 Å². The lowest BCUT2D eigenvalue weighted by Gasteiger charge is -2.37. The zero-order chi connectivity index (χ0) is 9.43. The van der Waals surface area contributed by atoms with Gasteiger partial charge in [-0.3, -0.25) is 0 Å². The molecular weight excluding hydrogens is 170 g/mol. The molecule has 2 saturated heterocycles. The Morgan fingerprint density at radius 3 is 2.79 bits per heavy atom. The number of fused-ring (bicyclic) bond motifs is 1. The molecule has 1 aliphatic carbocycles. The number of allylic oxidation sites excluding steroid dienone is 3. The van der Waals surface area contributed by atoms with Crippen LogP contribution in [0.3, 0.4) is 0 Å². The number of nitrogens with zero attached hydrogens (tertiary/aromatic N) is 1. The molecule has 3 rings (SSSR count). The van der Waals surface area contributed by atoms with E-state index >= 15 is 0 Å². The van der Waals surface area contributed by atoms with Gasteiger partial charge in [0.15, 0.2) is 0 Å². The zero-order valence-corrected chi connectivity index (χ0v) is 8.91. The molecule has 0 aromatic heterocycles. The molecule has 0 amide bonds. The minimum Gasteiger partial charge on any atom is -0.320 e. The van der Waals surface area contributed by atoms with E-state index in [-0.39, 0.29) is 0 Å². The zero-order valence-electron chi connectivity index (χ0n) is 8.91. The molecule has 0 aromatic carbocycles. The van der Waals surface area contributed by atoms with Crippen molar-refractivity contribution in [1.82, 2.24) is 0 Å². The lowest BCUT2D eigenvalue weighted by molar-refractivity contribution is -0.920. The minimum absolute atomic E-state index is 0.901. The van der Waals surface area contributed by atoms with Crippen LogP contribution in [0.25, 0.3) is 0 Å². The average molecular weight is 190 g/mol. The van der Waals surface area contributed by atoms with Crippen molar-refractivity contribution < 1.29 is 4.48 Å². The van der Waals surface area contributed by atoms with Gasteiger partial charge in [0.25, 0.3) is 0 Å². The maximum Gasteiger partial charge on any atom is 0.101 e. The van der Waals surface area contributed by atoms with Crippen LogP contribution in [-0.4, -0.2) is 30.7 Å². The molecule has 2 fully saturated rings. The molecule has 1 nitrogen and oxygen atoms in total. The van der Waals surface area contributed by atoms with Crippen LogP contribution in [0.2, 0.25) is 0 Å². The van der Waals surface area contributed by atoms with Crippen molar-refractivity contribution in [3.63, 3.8) is 0 Å². The summed E-state index contributed by atoms with van der Waals surface area (Å²) in [4.78, 5) is 0. The Kier molecular flexibility index (Phi) is 2.01. The third-order valence-electron chi connectivity index (χ3n) is 4.28. The fourth-order valence-corrected chi connectivity index (χ4v) is 3.54. The Labute approximate surface area is 86.7 Å². The Morgan fingerprint density at radius 2 is 2.00 bits per heavy atom. The molecular formula is C13H20N+. The second kappa shape index (κ2) is 3.23. The van der Waals surface area contributed by atoms with Crippen molar-refractivity contribution in [3.8, 4) is 0 Å². The van der Waals surface area contributed by atoms with E-state index in [1.807, 2.05) is 0 Å². The van der Waals surface area contributed by atoms with Crippen LogP contribution in [0.5, 0.6) is 0 Å². The number of rotatable bonds is 0. The van der Waals surface area contributed by atoms with Gasteiger partial charge in [-0.2, -0.15) is 0 Å². The van der Waals surface area contributed by atoms with E-state index in [1.165, 1.54) is 56.3 Å². The van der Waals surface area contributed by atoms with E-state index in [2.05, 4.69) is 18.2 Å². The summed E-state index contributed by atoms with van der Waals surface area (Å²) in [6, 6.07) is 0. The first-order chi connectivity index (χ1) is 6.88. The number of piperidine rings is 1. The van der Waals surface area contributed by atoms with Crippen molar-refractivity contribution in [2.45, 2.75) is 25.7 Å². The van der Waals surface area contributed by atoms with Gasteiger partial charge >= 0.3 is 0 Å². The molecule has 1 unspecified atom stereocenters. The van der Waals surface area contributed by atoms with Crippen LogP contribution < -0.4 is 0 Å². The van der Waals surface area contributed by atoms with Crippen LogP contribution in [-0.2, 0) is 0 Å². The van der Waals surface area contributed by atoms with Gasteiger partial charge in [0.05, 0.1) is 19.6 Å². The second-order valence-corrected chi connectivity index (χ2v) is 5.29. The van der Waals surface area contributed by atoms with Crippen molar-refractivity contribution >= 4 is 0 Å². The molecule has 0 aromatic rings. The highest BCUT2D eigenvalue weighted by molar-refractivity contribution is 5.23.